The van der Waals surface area contributed by atoms with E-state index in [1.165, 1.54) is 12.1 Å². The number of rotatable bonds is 2. The number of amides is 2. The van der Waals surface area contributed by atoms with Crippen molar-refractivity contribution in [3.05, 3.63) is 83.7 Å². The smallest absolute Gasteiger partial charge is 0.444 e. The van der Waals surface area contributed by atoms with Gasteiger partial charge in [0.15, 0.2) is 0 Å². The first-order valence-corrected chi connectivity index (χ1v) is 19.8. The number of hydrogen-bond acceptors (Lipinski definition) is 6. The van der Waals surface area contributed by atoms with E-state index in [1.54, 1.807) is 21.9 Å². The molecule has 2 amide bonds. The van der Waals surface area contributed by atoms with Gasteiger partial charge in [0.1, 0.15) is 22.8 Å². The third-order valence-corrected chi connectivity index (χ3v) is 10.4. The molecule has 0 aromatic heterocycles. The number of carbonyl (C=O) groups excluding carboxylic acids is 2. The molecule has 67 heavy (non-hydrogen) atoms. The van der Waals surface area contributed by atoms with Crippen molar-refractivity contribution in [1.82, 2.24) is 9.80 Å². The second-order valence-corrected chi connectivity index (χ2v) is 18.6. The number of halogens is 5. The van der Waals surface area contributed by atoms with Crippen molar-refractivity contribution in [3.8, 4) is 0 Å². The molecule has 0 bridgehead atoms. The molecule has 0 atom stereocenters. The van der Waals surface area contributed by atoms with Crippen LogP contribution >= 0.6 is 54.5 Å². The van der Waals surface area contributed by atoms with E-state index in [1.807, 2.05) is 93.5 Å². The Morgan fingerprint density at radius 3 is 1.27 bits per heavy atom. The SMILES string of the molecule is CC(C)(C)OC(=O)N1CC=C(B2OC(C)(C)C(C)(C)O2)CC1.CC(C)(C)OC(=O)N1CC=C(c2ccc(Br)c(F)c2)CC1.Fc1cc(I)ccc1Br.[W].[W].[W].[W].[W].[W].[W].[W].[W].[W].[W].[W].[W].[W].[W]. The number of carbonyl (C=O) groups is 2. The number of ether oxygens (including phenoxy) is 2. The van der Waals surface area contributed by atoms with Gasteiger partial charge in [-0.2, -0.15) is 0 Å². The Morgan fingerprint density at radius 2 is 0.970 bits per heavy atom. The summed E-state index contributed by atoms with van der Waals surface area (Å²) in [6.45, 7) is 21.6. The largest absolute Gasteiger partial charge is 0.490 e. The Kier molecular flexibility index (Phi) is 80.1. The summed E-state index contributed by atoms with van der Waals surface area (Å²) in [6.07, 6.45) is 4.85. The van der Waals surface area contributed by atoms with E-state index in [2.05, 4.69) is 54.5 Å². The minimum atomic E-state index is -0.490. The molecule has 1 saturated heterocycles. The molecule has 5 rings (SSSR count). The second kappa shape index (κ2) is 50.1. The molecule has 29 heteroatoms. The predicted molar refractivity (Wildman–Crippen MR) is 218 cm³/mol. The van der Waals surface area contributed by atoms with E-state index >= 15 is 0 Å². The van der Waals surface area contributed by atoms with Gasteiger partial charge in [0.25, 0.3) is 0 Å². The molecule has 3 heterocycles. The molecule has 376 valence electrons. The Bertz CT molecular complexity index is 1690. The zero-order valence-corrected chi connectivity index (χ0v) is 87.1. The molecule has 0 saturated carbocycles. The molecule has 3 aliphatic rings. The van der Waals surface area contributed by atoms with Crippen LogP contribution in [0.25, 0.3) is 5.57 Å². The molecule has 0 unspecified atom stereocenters. The van der Waals surface area contributed by atoms with Crippen LogP contribution in [0.4, 0.5) is 18.4 Å². The maximum atomic E-state index is 13.6. The number of hydrogen-bond donors (Lipinski definition) is 0. The van der Waals surface area contributed by atoms with Gasteiger partial charge in [0, 0.05) is 346 Å². The van der Waals surface area contributed by atoms with Gasteiger partial charge in [-0.3, -0.25) is 0 Å². The molecule has 1 fully saturated rings. The molecular formula is C38H50BBr2F2IN2O6W15. The third kappa shape index (κ3) is 39.4. The van der Waals surface area contributed by atoms with Gasteiger partial charge in [-0.15, -0.1) is 0 Å². The average Bonchev–Trinajstić information content (AvgIpc) is 3.25. The zero-order valence-electron chi connectivity index (χ0n) is 37.8. The minimum Gasteiger partial charge on any atom is -0.444 e. The number of benzene rings is 2. The van der Waals surface area contributed by atoms with Crippen LogP contribution in [0.15, 0.2) is 63.0 Å². The van der Waals surface area contributed by atoms with Crippen molar-refractivity contribution >= 4 is 79.3 Å². The van der Waals surface area contributed by atoms with Crippen molar-refractivity contribution in [2.24, 2.45) is 0 Å². The Balaban J connectivity index is -0.0000000562. The third-order valence-electron chi connectivity index (χ3n) is 8.48. The summed E-state index contributed by atoms with van der Waals surface area (Å²) < 4.78 is 50.8. The molecule has 0 spiro atoms. The quantitative estimate of drug-likeness (QED) is 0.169. The Hall–Kier alpha value is 8.32. The van der Waals surface area contributed by atoms with Crippen molar-refractivity contribution in [1.29, 1.82) is 0 Å². The van der Waals surface area contributed by atoms with E-state index in [0.29, 0.717) is 41.5 Å². The summed E-state index contributed by atoms with van der Waals surface area (Å²) >= 11 is 8.26. The summed E-state index contributed by atoms with van der Waals surface area (Å²) in [5.74, 6) is -0.482. The van der Waals surface area contributed by atoms with Gasteiger partial charge in [0.2, 0.25) is 0 Å². The van der Waals surface area contributed by atoms with E-state index < -0.39 is 11.2 Å². The van der Waals surface area contributed by atoms with Gasteiger partial charge >= 0.3 is 19.3 Å². The van der Waals surface area contributed by atoms with Crippen molar-refractivity contribution in [3.63, 3.8) is 0 Å². The topological polar surface area (TPSA) is 77.5 Å². The number of nitrogens with zero attached hydrogens (tertiary/aromatic N) is 2. The van der Waals surface area contributed by atoms with E-state index in [9.17, 15) is 18.4 Å². The zero-order chi connectivity index (χ0) is 39.2. The molecule has 8 nitrogen and oxygen atoms in total. The molecule has 3 aliphatic heterocycles. The predicted octanol–water partition coefficient (Wildman–Crippen LogP) is 11.0. The molecular weight excluding hydrogens is 3670 g/mol. The average molecular weight is 3720 g/mol. The monoisotopic (exact) mass is 3720 g/mol. The van der Waals surface area contributed by atoms with Crippen molar-refractivity contribution < 1.29 is 353 Å². The van der Waals surface area contributed by atoms with Crippen LogP contribution in [0.2, 0.25) is 0 Å². The summed E-state index contributed by atoms with van der Waals surface area (Å²) in [4.78, 5) is 27.4. The van der Waals surface area contributed by atoms with E-state index in [-0.39, 0.29) is 358 Å². The van der Waals surface area contributed by atoms with Crippen LogP contribution in [-0.4, -0.2) is 77.7 Å². The first-order chi connectivity index (χ1) is 23.9. The van der Waals surface area contributed by atoms with Crippen LogP contribution in [0.3, 0.4) is 0 Å². The van der Waals surface area contributed by atoms with Crippen LogP contribution in [0, 0.1) is 15.2 Å². The molecule has 2 aromatic rings. The van der Waals surface area contributed by atoms with Gasteiger partial charge < -0.3 is 28.6 Å². The fraction of sp³-hybridized carbons (Fsp3) is 0.526. The van der Waals surface area contributed by atoms with Gasteiger partial charge in [-0.1, -0.05) is 18.2 Å². The Morgan fingerprint density at radius 1 is 0.612 bits per heavy atom. The van der Waals surface area contributed by atoms with Gasteiger partial charge in [-0.25, -0.2) is 18.4 Å². The molecule has 0 aliphatic carbocycles. The van der Waals surface area contributed by atoms with Gasteiger partial charge in [0.05, 0.1) is 20.1 Å². The normalized spacial score (nSPS) is 14.2. The molecule has 0 N–H and O–H groups in total. The summed E-state index contributed by atoms with van der Waals surface area (Å²) in [5, 5.41) is 0. The first kappa shape index (κ1) is 107. The molecule has 2 aromatic carbocycles. The fourth-order valence-corrected chi connectivity index (χ4v) is 5.92. The minimum absolute atomic E-state index is 0. The van der Waals surface area contributed by atoms with Gasteiger partial charge in [-0.05, 0) is 183 Å². The van der Waals surface area contributed by atoms with Crippen molar-refractivity contribution in [2.75, 3.05) is 26.2 Å². The van der Waals surface area contributed by atoms with Crippen molar-refractivity contribution in [2.45, 2.75) is 104 Å². The van der Waals surface area contributed by atoms with Crippen LogP contribution in [-0.2, 0) is 335 Å². The van der Waals surface area contributed by atoms with E-state index in [0.717, 1.165) is 26.6 Å². The fourth-order valence-electron chi connectivity index (χ4n) is 4.98. The standard InChI is InChI=1S/C16H28BNO4.C16H19BrFNO2.C6H3BrFI.15W/c1-14(2,3)20-13(19)18-10-8-12(9-11-18)17-21-15(4,5)16(6,7)22-17;1-16(2,3)21-15(20)19-8-6-11(7-9-19)12-4-5-13(17)14(18)10-12;7-5-2-1-4(9)3-6(5)8;;;;;;;;;;;;;;;/h8H,9-11H2,1-7H3;4-6,10H,7-9H2,1-3H3;1-3H;;;;;;;;;;;;;;;. The maximum Gasteiger partial charge on any atom is 0.490 e. The maximum absolute atomic E-state index is 13.6. The van der Waals surface area contributed by atoms with E-state index in [4.69, 9.17) is 18.8 Å². The molecule has 0 radical (unpaired) electrons. The summed E-state index contributed by atoms with van der Waals surface area (Å²) in [5.41, 5.74) is 1.41. The van der Waals surface area contributed by atoms with Crippen LogP contribution < -0.4 is 0 Å². The van der Waals surface area contributed by atoms with Crippen LogP contribution in [0.5, 0.6) is 0 Å². The van der Waals surface area contributed by atoms with Crippen LogP contribution in [0.1, 0.15) is 87.6 Å². The first-order valence-electron chi connectivity index (χ1n) is 17.1. The summed E-state index contributed by atoms with van der Waals surface area (Å²) in [6, 6.07) is 10.1. The second-order valence-electron chi connectivity index (χ2n) is 15.6. The Labute approximate surface area is 644 Å². The summed E-state index contributed by atoms with van der Waals surface area (Å²) in [7, 11) is -0.314.